The van der Waals surface area contributed by atoms with Gasteiger partial charge < -0.3 is 10.1 Å². The van der Waals surface area contributed by atoms with Crippen molar-refractivity contribution in [2.24, 2.45) is 0 Å². The number of hydrogen-bond donors (Lipinski definition) is 2. The number of anilines is 1. The van der Waals surface area contributed by atoms with Gasteiger partial charge in [0.25, 0.3) is 0 Å². The van der Waals surface area contributed by atoms with E-state index in [1.165, 1.54) is 30.0 Å². The monoisotopic (exact) mass is 414 g/mol. The molecule has 1 amide bonds. The van der Waals surface area contributed by atoms with Crippen LogP contribution in [0.5, 0.6) is 5.75 Å². The number of methoxy groups -OCH3 is 1. The number of amides is 1. The van der Waals surface area contributed by atoms with Crippen LogP contribution in [0.2, 0.25) is 0 Å². The molecule has 0 fully saturated rings. The third kappa shape index (κ3) is 6.71. The van der Waals surface area contributed by atoms with Crippen LogP contribution in [-0.2, 0) is 14.8 Å². The molecule has 0 aliphatic carbocycles. The molecule has 0 saturated heterocycles. The fourth-order valence-electron chi connectivity index (χ4n) is 2.08. The van der Waals surface area contributed by atoms with Crippen LogP contribution in [0.3, 0.4) is 0 Å². The number of hydrogen-bond acceptors (Lipinski definition) is 4. The molecule has 2 aromatic carbocycles. The predicted molar refractivity (Wildman–Crippen MR) is 98.3 cm³/mol. The van der Waals surface area contributed by atoms with Gasteiger partial charge in [-0.25, -0.2) is 13.1 Å². The Morgan fingerprint density at radius 2 is 1.82 bits per heavy atom. The van der Waals surface area contributed by atoms with Crippen LogP contribution >= 0.6 is 0 Å². The lowest BCUT2D eigenvalue weighted by atomic mass is 10.2. The number of nitrogens with one attached hydrogen (secondary N) is 2. The third-order valence-corrected chi connectivity index (χ3v) is 4.83. The van der Waals surface area contributed by atoms with Crippen molar-refractivity contribution in [3.8, 4) is 5.75 Å². The predicted octanol–water partition coefficient (Wildman–Crippen LogP) is 3.19. The Kier molecular flexibility index (Phi) is 6.81. The molecule has 2 rings (SSSR count). The highest BCUT2D eigenvalue weighted by Gasteiger charge is 2.30. The maximum atomic E-state index is 12.2. The van der Waals surface area contributed by atoms with Crippen LogP contribution in [0.25, 0.3) is 6.08 Å². The van der Waals surface area contributed by atoms with Gasteiger partial charge in [0.05, 0.1) is 12.0 Å². The molecule has 0 aliphatic heterocycles. The first-order valence-electron chi connectivity index (χ1n) is 7.89. The summed E-state index contributed by atoms with van der Waals surface area (Å²) in [6.07, 6.45) is -1.81. The highest BCUT2D eigenvalue weighted by atomic mass is 32.2. The van der Waals surface area contributed by atoms with Crippen molar-refractivity contribution in [2.75, 3.05) is 19.0 Å². The van der Waals surface area contributed by atoms with E-state index in [-0.39, 0.29) is 10.6 Å². The Balaban J connectivity index is 1.99. The summed E-state index contributed by atoms with van der Waals surface area (Å²) in [7, 11) is -2.77. The molecular formula is C18H17F3N2O4S. The molecule has 0 saturated carbocycles. The summed E-state index contributed by atoms with van der Waals surface area (Å²) < 4.78 is 66.6. The summed E-state index contributed by atoms with van der Waals surface area (Å²) >= 11 is 0. The quantitative estimate of drug-likeness (QED) is 0.682. The third-order valence-electron chi connectivity index (χ3n) is 3.42. The first-order valence-corrected chi connectivity index (χ1v) is 9.37. The van der Waals surface area contributed by atoms with E-state index in [0.717, 1.165) is 17.7 Å². The van der Waals surface area contributed by atoms with Gasteiger partial charge in [-0.2, -0.15) is 13.2 Å². The highest BCUT2D eigenvalue weighted by molar-refractivity contribution is 7.89. The molecule has 0 atom stereocenters. The average molecular weight is 414 g/mol. The van der Waals surface area contributed by atoms with Crippen molar-refractivity contribution in [1.82, 2.24) is 4.72 Å². The van der Waals surface area contributed by atoms with E-state index in [2.05, 4.69) is 5.32 Å². The van der Waals surface area contributed by atoms with Crippen molar-refractivity contribution in [3.05, 3.63) is 60.2 Å². The molecule has 0 spiro atoms. The maximum Gasteiger partial charge on any atom is 0.402 e. The zero-order valence-electron chi connectivity index (χ0n) is 14.7. The minimum Gasteiger partial charge on any atom is -0.497 e. The maximum absolute atomic E-state index is 12.2. The van der Waals surface area contributed by atoms with Gasteiger partial charge in [-0.3, -0.25) is 4.79 Å². The SMILES string of the molecule is COc1cccc(/C=C/C(=O)Nc2ccc(S(=O)(=O)NCC(F)(F)F)cc2)c1. The lowest BCUT2D eigenvalue weighted by Gasteiger charge is -2.10. The smallest absolute Gasteiger partial charge is 0.402 e. The lowest BCUT2D eigenvalue weighted by Crippen LogP contribution is -2.33. The van der Waals surface area contributed by atoms with Gasteiger partial charge in [0.1, 0.15) is 12.3 Å². The van der Waals surface area contributed by atoms with Crippen LogP contribution in [0.1, 0.15) is 5.56 Å². The summed E-state index contributed by atoms with van der Waals surface area (Å²) in [5.74, 6) is 0.173. The highest BCUT2D eigenvalue weighted by Crippen LogP contribution is 2.17. The zero-order valence-corrected chi connectivity index (χ0v) is 15.5. The van der Waals surface area contributed by atoms with Gasteiger partial charge in [0.2, 0.25) is 15.9 Å². The van der Waals surface area contributed by atoms with Crippen molar-refractivity contribution in [2.45, 2.75) is 11.1 Å². The van der Waals surface area contributed by atoms with Crippen LogP contribution in [0.15, 0.2) is 59.5 Å². The number of halogens is 3. The fourth-order valence-corrected chi connectivity index (χ4v) is 3.09. The second-order valence-corrected chi connectivity index (χ2v) is 7.33. The lowest BCUT2D eigenvalue weighted by molar-refractivity contribution is -0.121. The molecule has 6 nitrogen and oxygen atoms in total. The molecule has 2 aromatic rings. The van der Waals surface area contributed by atoms with E-state index < -0.39 is 28.7 Å². The number of carbonyl (C=O) groups excluding carboxylic acids is 1. The molecule has 10 heteroatoms. The molecule has 28 heavy (non-hydrogen) atoms. The van der Waals surface area contributed by atoms with E-state index >= 15 is 0 Å². The molecule has 150 valence electrons. The van der Waals surface area contributed by atoms with Crippen molar-refractivity contribution in [3.63, 3.8) is 0 Å². The second kappa shape index (κ2) is 8.89. The molecule has 0 aromatic heterocycles. The summed E-state index contributed by atoms with van der Waals surface area (Å²) in [6, 6.07) is 11.8. The Bertz CT molecular complexity index is 956. The van der Waals surface area contributed by atoms with Gasteiger partial charge in [0.15, 0.2) is 0 Å². The van der Waals surface area contributed by atoms with Crippen molar-refractivity contribution in [1.29, 1.82) is 0 Å². The summed E-state index contributed by atoms with van der Waals surface area (Å²) in [4.78, 5) is 11.6. The second-order valence-electron chi connectivity index (χ2n) is 5.56. The van der Waals surface area contributed by atoms with Gasteiger partial charge in [0, 0.05) is 11.8 Å². The Morgan fingerprint density at radius 3 is 2.43 bits per heavy atom. The van der Waals surface area contributed by atoms with Gasteiger partial charge in [-0.05, 0) is 48.0 Å². The van der Waals surface area contributed by atoms with Crippen molar-refractivity contribution >= 4 is 27.7 Å². The Labute approximate surface area is 160 Å². The summed E-state index contributed by atoms with van der Waals surface area (Å²) in [5.41, 5.74) is 1.03. The number of sulfonamides is 1. The standard InChI is InChI=1S/C18H17F3N2O4S/c1-27-15-4-2-3-13(11-15)5-10-17(24)23-14-6-8-16(9-7-14)28(25,26)22-12-18(19,20)21/h2-11,22H,12H2,1H3,(H,23,24)/b10-5+. The first kappa shape index (κ1) is 21.5. The zero-order chi connectivity index (χ0) is 20.8. The summed E-state index contributed by atoms with van der Waals surface area (Å²) in [5, 5.41) is 2.52. The van der Waals surface area contributed by atoms with Crippen LogP contribution in [0.4, 0.5) is 18.9 Å². The average Bonchev–Trinajstić information content (AvgIpc) is 2.65. The minimum atomic E-state index is -4.66. The number of alkyl halides is 3. The number of ether oxygens (including phenoxy) is 1. The topological polar surface area (TPSA) is 84.5 Å². The summed E-state index contributed by atoms with van der Waals surface area (Å²) in [6.45, 7) is -1.66. The molecule has 0 heterocycles. The number of rotatable bonds is 7. The van der Waals surface area contributed by atoms with E-state index in [1.807, 2.05) is 0 Å². The number of benzene rings is 2. The van der Waals surface area contributed by atoms with Gasteiger partial charge in [-0.15, -0.1) is 0 Å². The molecule has 2 N–H and O–H groups in total. The van der Waals surface area contributed by atoms with E-state index in [1.54, 1.807) is 30.3 Å². The van der Waals surface area contributed by atoms with Crippen LogP contribution in [0, 0.1) is 0 Å². The largest absolute Gasteiger partial charge is 0.497 e. The molecule has 0 radical (unpaired) electrons. The fraction of sp³-hybridized carbons (Fsp3) is 0.167. The molecular weight excluding hydrogens is 397 g/mol. The molecule has 0 bridgehead atoms. The van der Waals surface area contributed by atoms with Gasteiger partial charge >= 0.3 is 6.18 Å². The number of carbonyl (C=O) groups is 1. The van der Waals surface area contributed by atoms with Crippen molar-refractivity contribution < 1.29 is 31.1 Å². The van der Waals surface area contributed by atoms with Crippen LogP contribution in [-0.4, -0.2) is 34.2 Å². The Morgan fingerprint density at radius 1 is 1.14 bits per heavy atom. The van der Waals surface area contributed by atoms with Crippen LogP contribution < -0.4 is 14.8 Å². The molecule has 0 aliphatic rings. The minimum absolute atomic E-state index is 0.287. The van der Waals surface area contributed by atoms with Gasteiger partial charge in [-0.1, -0.05) is 12.1 Å². The van der Waals surface area contributed by atoms with E-state index in [4.69, 9.17) is 4.74 Å². The normalized spacial score (nSPS) is 12.1. The molecule has 0 unspecified atom stereocenters. The van der Waals surface area contributed by atoms with E-state index in [0.29, 0.717) is 5.75 Å². The Hall–Kier alpha value is -2.85. The van der Waals surface area contributed by atoms with E-state index in [9.17, 15) is 26.4 Å². The first-order chi connectivity index (χ1) is 13.1.